The Labute approximate surface area is 154 Å². The molecule has 1 fully saturated rings. The van der Waals surface area contributed by atoms with Crippen molar-refractivity contribution >= 4 is 16.0 Å². The normalized spacial score (nSPS) is 16.4. The fraction of sp³-hybridized carbons (Fsp3) is 0.588. The molecule has 1 saturated heterocycles. The van der Waals surface area contributed by atoms with E-state index in [1.54, 1.807) is 0 Å². The van der Waals surface area contributed by atoms with Gasteiger partial charge in [0.2, 0.25) is 10.0 Å². The lowest BCUT2D eigenvalue weighted by atomic mass is 10.1. The third kappa shape index (κ3) is 4.73. The molecule has 0 saturated carbocycles. The van der Waals surface area contributed by atoms with Crippen LogP contribution in [0.1, 0.15) is 29.6 Å². The van der Waals surface area contributed by atoms with E-state index in [-0.39, 0.29) is 22.3 Å². The molecule has 2 rings (SSSR count). The molecule has 0 radical (unpaired) electrons. The first kappa shape index (κ1) is 20.6. The molecule has 2 N–H and O–H groups in total. The van der Waals surface area contributed by atoms with Gasteiger partial charge in [0.05, 0.1) is 25.2 Å². The molecule has 0 bridgehead atoms. The lowest BCUT2D eigenvalue weighted by Gasteiger charge is -2.31. The molecule has 1 aliphatic heterocycles. The van der Waals surface area contributed by atoms with Gasteiger partial charge in [0.15, 0.2) is 0 Å². The zero-order chi connectivity index (χ0) is 19.2. The van der Waals surface area contributed by atoms with Crippen molar-refractivity contribution in [3.8, 4) is 5.75 Å². The molecule has 8 nitrogen and oxygen atoms in total. The maximum atomic E-state index is 12.9. The number of carbonyl (C=O) groups is 1. The van der Waals surface area contributed by atoms with Gasteiger partial charge in [-0.05, 0) is 37.9 Å². The fourth-order valence-corrected chi connectivity index (χ4v) is 4.32. The highest BCUT2D eigenvalue weighted by atomic mass is 32.2. The molecule has 146 valence electrons. The lowest BCUT2D eigenvalue weighted by molar-refractivity contribution is 0.0209. The number of nitrogens with two attached hydrogens (primary N) is 1. The number of benzene rings is 1. The van der Waals surface area contributed by atoms with Crippen LogP contribution in [0, 0.1) is 0 Å². The van der Waals surface area contributed by atoms with Crippen molar-refractivity contribution in [1.82, 2.24) is 4.31 Å². The average Bonchev–Trinajstić information content (AvgIpc) is 2.67. The van der Waals surface area contributed by atoms with E-state index in [2.05, 4.69) is 4.74 Å². The Morgan fingerprint density at radius 3 is 2.54 bits per heavy atom. The third-order valence-electron chi connectivity index (χ3n) is 4.32. The summed E-state index contributed by atoms with van der Waals surface area (Å²) in [6.07, 6.45) is 2.14. The SMILES string of the molecule is COC(=O)c1ccc(S(=O)(=O)N2CCC(OCCCN)CC2)cc1OC. The number of hydrogen-bond acceptors (Lipinski definition) is 7. The maximum absolute atomic E-state index is 12.9. The van der Waals surface area contributed by atoms with Gasteiger partial charge < -0.3 is 19.9 Å². The number of rotatable bonds is 8. The van der Waals surface area contributed by atoms with E-state index >= 15 is 0 Å². The molecule has 1 heterocycles. The zero-order valence-corrected chi connectivity index (χ0v) is 16.0. The summed E-state index contributed by atoms with van der Waals surface area (Å²) in [4.78, 5) is 11.8. The smallest absolute Gasteiger partial charge is 0.341 e. The summed E-state index contributed by atoms with van der Waals surface area (Å²) in [6, 6.07) is 4.15. The Balaban J connectivity index is 2.10. The van der Waals surface area contributed by atoms with Gasteiger partial charge in [-0.25, -0.2) is 13.2 Å². The molecule has 1 aromatic carbocycles. The molecular formula is C17H26N2O6S. The van der Waals surface area contributed by atoms with Crippen LogP contribution in [-0.4, -0.2) is 65.3 Å². The number of esters is 1. The van der Waals surface area contributed by atoms with Crippen LogP contribution >= 0.6 is 0 Å². The van der Waals surface area contributed by atoms with Gasteiger partial charge in [-0.2, -0.15) is 4.31 Å². The van der Waals surface area contributed by atoms with Gasteiger partial charge in [0, 0.05) is 25.8 Å². The third-order valence-corrected chi connectivity index (χ3v) is 6.21. The second-order valence-electron chi connectivity index (χ2n) is 5.97. The summed E-state index contributed by atoms with van der Waals surface area (Å²) >= 11 is 0. The van der Waals surface area contributed by atoms with Crippen LogP contribution < -0.4 is 10.5 Å². The van der Waals surface area contributed by atoms with Crippen LogP contribution in [0.15, 0.2) is 23.1 Å². The molecule has 0 amide bonds. The molecule has 1 aliphatic rings. The Kier molecular flexibility index (Phi) is 7.39. The summed E-state index contributed by atoms with van der Waals surface area (Å²) in [5, 5.41) is 0. The van der Waals surface area contributed by atoms with Gasteiger partial charge in [-0.3, -0.25) is 0 Å². The van der Waals surface area contributed by atoms with E-state index in [1.807, 2.05) is 0 Å². The molecule has 0 aliphatic carbocycles. The molecule has 1 aromatic rings. The molecule has 0 aromatic heterocycles. The molecular weight excluding hydrogens is 360 g/mol. The minimum absolute atomic E-state index is 0.0595. The molecule has 9 heteroatoms. The fourth-order valence-electron chi connectivity index (χ4n) is 2.83. The number of nitrogens with zero attached hydrogens (tertiary/aromatic N) is 1. The van der Waals surface area contributed by atoms with E-state index < -0.39 is 16.0 Å². The number of piperidine rings is 1. The van der Waals surface area contributed by atoms with Crippen molar-refractivity contribution in [1.29, 1.82) is 0 Å². The van der Waals surface area contributed by atoms with Crippen LogP contribution in [0.2, 0.25) is 0 Å². The number of sulfonamides is 1. The largest absolute Gasteiger partial charge is 0.496 e. The van der Waals surface area contributed by atoms with Crippen molar-refractivity contribution in [3.63, 3.8) is 0 Å². The van der Waals surface area contributed by atoms with Crippen molar-refractivity contribution in [2.45, 2.75) is 30.3 Å². The Hall–Kier alpha value is -1.68. The van der Waals surface area contributed by atoms with Gasteiger partial charge >= 0.3 is 5.97 Å². The van der Waals surface area contributed by atoms with Crippen molar-refractivity contribution in [3.05, 3.63) is 23.8 Å². The first-order valence-corrected chi connectivity index (χ1v) is 9.96. The van der Waals surface area contributed by atoms with Crippen molar-refractivity contribution < 1.29 is 27.4 Å². The minimum Gasteiger partial charge on any atom is -0.496 e. The van der Waals surface area contributed by atoms with Crippen LogP contribution in [0.3, 0.4) is 0 Å². The Bertz CT molecular complexity index is 714. The van der Waals surface area contributed by atoms with Crippen LogP contribution in [0.5, 0.6) is 5.75 Å². The topological polar surface area (TPSA) is 108 Å². The summed E-state index contributed by atoms with van der Waals surface area (Å²) < 4.78 is 42.7. The van der Waals surface area contributed by atoms with Crippen molar-refractivity contribution in [2.75, 3.05) is 40.5 Å². The monoisotopic (exact) mass is 386 g/mol. The van der Waals surface area contributed by atoms with Crippen LogP contribution in [-0.2, 0) is 19.5 Å². The summed E-state index contributed by atoms with van der Waals surface area (Å²) in [5.74, 6) is -0.417. The quantitative estimate of drug-likeness (QED) is 0.524. The lowest BCUT2D eigenvalue weighted by Crippen LogP contribution is -2.41. The van der Waals surface area contributed by atoms with Crippen LogP contribution in [0.25, 0.3) is 0 Å². The highest BCUT2D eigenvalue weighted by Crippen LogP contribution is 2.27. The zero-order valence-electron chi connectivity index (χ0n) is 15.1. The van der Waals surface area contributed by atoms with Gasteiger partial charge in [-0.1, -0.05) is 0 Å². The Morgan fingerprint density at radius 2 is 1.96 bits per heavy atom. The second kappa shape index (κ2) is 9.31. The summed E-state index contributed by atoms with van der Waals surface area (Å²) in [7, 11) is -1.03. The second-order valence-corrected chi connectivity index (χ2v) is 7.91. The van der Waals surface area contributed by atoms with Gasteiger partial charge in [0.1, 0.15) is 11.3 Å². The predicted molar refractivity (Wildman–Crippen MR) is 95.7 cm³/mol. The molecule has 0 unspecified atom stereocenters. The number of ether oxygens (including phenoxy) is 3. The number of methoxy groups -OCH3 is 2. The highest BCUT2D eigenvalue weighted by Gasteiger charge is 2.30. The first-order valence-electron chi connectivity index (χ1n) is 8.52. The van der Waals surface area contributed by atoms with E-state index in [9.17, 15) is 13.2 Å². The van der Waals surface area contributed by atoms with Crippen LogP contribution in [0.4, 0.5) is 0 Å². The van der Waals surface area contributed by atoms with E-state index in [1.165, 1.54) is 36.7 Å². The first-order chi connectivity index (χ1) is 12.4. The van der Waals surface area contributed by atoms with Gasteiger partial charge in [-0.15, -0.1) is 0 Å². The highest BCUT2D eigenvalue weighted by molar-refractivity contribution is 7.89. The number of hydrogen-bond donors (Lipinski definition) is 1. The Morgan fingerprint density at radius 1 is 1.27 bits per heavy atom. The summed E-state index contributed by atoms with van der Waals surface area (Å²) in [6.45, 7) is 1.95. The molecule has 0 atom stereocenters. The average molecular weight is 386 g/mol. The maximum Gasteiger partial charge on any atom is 0.341 e. The minimum atomic E-state index is -3.67. The van der Waals surface area contributed by atoms with Crippen molar-refractivity contribution in [2.24, 2.45) is 5.73 Å². The predicted octanol–water partition coefficient (Wildman–Crippen LogP) is 1.00. The van der Waals surface area contributed by atoms with E-state index in [0.29, 0.717) is 39.1 Å². The van der Waals surface area contributed by atoms with Gasteiger partial charge in [0.25, 0.3) is 0 Å². The van der Waals surface area contributed by atoms with E-state index in [0.717, 1.165) is 6.42 Å². The number of carbonyl (C=O) groups excluding carboxylic acids is 1. The summed E-state index contributed by atoms with van der Waals surface area (Å²) in [5.41, 5.74) is 5.62. The van der Waals surface area contributed by atoms with E-state index in [4.69, 9.17) is 15.2 Å². The molecule has 26 heavy (non-hydrogen) atoms. The molecule has 0 spiro atoms. The standard InChI is InChI=1S/C17H26N2O6S/c1-23-16-12-14(4-5-15(16)17(20)24-2)26(21,22)19-9-6-13(7-10-19)25-11-3-8-18/h4-5,12-13H,3,6-11,18H2,1-2H3.